The Hall–Kier alpha value is -1.65. The molecule has 20 heavy (non-hydrogen) atoms. The average molecular weight is 282 g/mol. The summed E-state index contributed by atoms with van der Waals surface area (Å²) in [5.74, 6) is -1.55. The van der Waals surface area contributed by atoms with E-state index in [0.717, 1.165) is 25.7 Å². The molecule has 1 aliphatic carbocycles. The van der Waals surface area contributed by atoms with E-state index in [0.29, 0.717) is 5.56 Å². The van der Waals surface area contributed by atoms with Crippen LogP contribution in [0.5, 0.6) is 0 Å². The van der Waals surface area contributed by atoms with Gasteiger partial charge < -0.3 is 10.6 Å². The number of anilines is 1. The lowest BCUT2D eigenvalue weighted by Gasteiger charge is -2.23. The lowest BCUT2D eigenvalue weighted by molar-refractivity contribution is -0.120. The molecule has 0 bridgehead atoms. The van der Waals surface area contributed by atoms with Crippen molar-refractivity contribution in [2.45, 2.75) is 45.1 Å². The normalized spacial score (nSPS) is 15.9. The Labute approximate surface area is 117 Å². The Bertz CT molecular complexity index is 485. The van der Waals surface area contributed by atoms with Gasteiger partial charge in [0, 0.05) is 6.04 Å². The monoisotopic (exact) mass is 282 g/mol. The number of rotatable bonds is 4. The maximum atomic E-state index is 13.7. The molecule has 2 rings (SSSR count). The molecular formula is C15H20F2N2O. The lowest BCUT2D eigenvalue weighted by Crippen LogP contribution is -2.39. The minimum atomic E-state index is -0.682. The van der Waals surface area contributed by atoms with Crippen molar-refractivity contribution in [1.29, 1.82) is 0 Å². The quantitative estimate of drug-likeness (QED) is 0.890. The SMILES string of the molecule is Cc1ccc(F)c(NCC(=O)NC2CCCCC2)c1F. The molecule has 0 atom stereocenters. The molecule has 0 radical (unpaired) electrons. The van der Waals surface area contributed by atoms with Crippen molar-refractivity contribution in [3.63, 3.8) is 0 Å². The zero-order valence-electron chi connectivity index (χ0n) is 11.6. The van der Waals surface area contributed by atoms with Crippen LogP contribution in [0.2, 0.25) is 0 Å². The first kappa shape index (κ1) is 14.8. The number of carbonyl (C=O) groups excluding carboxylic acids is 1. The van der Waals surface area contributed by atoms with Crippen molar-refractivity contribution in [1.82, 2.24) is 5.32 Å². The van der Waals surface area contributed by atoms with Gasteiger partial charge in [0.05, 0.1) is 6.54 Å². The Kier molecular flexibility index (Phi) is 4.93. The molecule has 3 nitrogen and oxygen atoms in total. The summed E-state index contributed by atoms with van der Waals surface area (Å²) in [5, 5.41) is 5.45. The van der Waals surface area contributed by atoms with Gasteiger partial charge in [0.15, 0.2) is 5.82 Å². The molecular weight excluding hydrogens is 262 g/mol. The van der Waals surface area contributed by atoms with Gasteiger partial charge in [-0.3, -0.25) is 4.79 Å². The van der Waals surface area contributed by atoms with Gasteiger partial charge in [-0.1, -0.05) is 25.3 Å². The predicted molar refractivity (Wildman–Crippen MR) is 74.6 cm³/mol. The van der Waals surface area contributed by atoms with Crippen molar-refractivity contribution in [3.8, 4) is 0 Å². The molecule has 110 valence electrons. The van der Waals surface area contributed by atoms with Gasteiger partial charge >= 0.3 is 0 Å². The molecule has 1 aromatic carbocycles. The highest BCUT2D eigenvalue weighted by Gasteiger charge is 2.17. The molecule has 1 aliphatic rings. The first-order valence-electron chi connectivity index (χ1n) is 7.06. The molecule has 5 heteroatoms. The standard InChI is InChI=1S/C15H20F2N2O/c1-10-7-8-12(16)15(14(10)17)18-9-13(20)19-11-5-3-2-4-6-11/h7-8,11,18H,2-6,9H2,1H3,(H,19,20). The Balaban J connectivity index is 1.88. The van der Waals surface area contributed by atoms with Crippen molar-refractivity contribution >= 4 is 11.6 Å². The Morgan fingerprint density at radius 3 is 2.65 bits per heavy atom. The second-order valence-corrected chi connectivity index (χ2v) is 5.31. The van der Waals surface area contributed by atoms with Crippen LogP contribution in [0.25, 0.3) is 0 Å². The summed E-state index contributed by atoms with van der Waals surface area (Å²) < 4.78 is 27.2. The highest BCUT2D eigenvalue weighted by atomic mass is 19.1. The molecule has 1 fully saturated rings. The second kappa shape index (κ2) is 6.68. The van der Waals surface area contributed by atoms with Gasteiger partial charge in [-0.25, -0.2) is 8.78 Å². The molecule has 1 saturated carbocycles. The van der Waals surface area contributed by atoms with Crippen molar-refractivity contribution < 1.29 is 13.6 Å². The molecule has 0 spiro atoms. The minimum Gasteiger partial charge on any atom is -0.371 e. The van der Waals surface area contributed by atoms with Crippen LogP contribution in [0.1, 0.15) is 37.7 Å². The third-order valence-electron chi connectivity index (χ3n) is 3.68. The fourth-order valence-electron chi connectivity index (χ4n) is 2.51. The average Bonchev–Trinajstić information content (AvgIpc) is 2.44. The number of halogens is 2. The molecule has 1 aromatic rings. The van der Waals surface area contributed by atoms with E-state index < -0.39 is 11.6 Å². The molecule has 0 saturated heterocycles. The topological polar surface area (TPSA) is 41.1 Å². The number of carbonyl (C=O) groups is 1. The summed E-state index contributed by atoms with van der Waals surface area (Å²) in [6.07, 6.45) is 5.43. The number of hydrogen-bond acceptors (Lipinski definition) is 2. The largest absolute Gasteiger partial charge is 0.371 e. The lowest BCUT2D eigenvalue weighted by atomic mass is 9.95. The van der Waals surface area contributed by atoms with E-state index in [9.17, 15) is 13.6 Å². The number of benzene rings is 1. The maximum absolute atomic E-state index is 13.7. The fourth-order valence-corrected chi connectivity index (χ4v) is 2.51. The van der Waals surface area contributed by atoms with E-state index >= 15 is 0 Å². The van der Waals surface area contributed by atoms with Crippen LogP contribution in [0.3, 0.4) is 0 Å². The number of aryl methyl sites for hydroxylation is 1. The molecule has 1 amide bonds. The van der Waals surface area contributed by atoms with E-state index in [1.807, 2.05) is 0 Å². The van der Waals surface area contributed by atoms with Crippen molar-refractivity contribution in [2.24, 2.45) is 0 Å². The number of amides is 1. The van der Waals surface area contributed by atoms with Crippen LogP contribution in [0, 0.1) is 18.6 Å². The molecule has 0 unspecified atom stereocenters. The van der Waals surface area contributed by atoms with Crippen LogP contribution in [0.15, 0.2) is 12.1 Å². The van der Waals surface area contributed by atoms with E-state index in [4.69, 9.17) is 0 Å². The summed E-state index contributed by atoms with van der Waals surface area (Å²) in [7, 11) is 0. The van der Waals surface area contributed by atoms with Crippen LogP contribution < -0.4 is 10.6 Å². The highest BCUT2D eigenvalue weighted by molar-refractivity contribution is 5.81. The number of hydrogen-bond donors (Lipinski definition) is 2. The Morgan fingerprint density at radius 2 is 1.95 bits per heavy atom. The van der Waals surface area contributed by atoms with Crippen LogP contribution >= 0.6 is 0 Å². The summed E-state index contributed by atoms with van der Waals surface area (Å²) in [5.41, 5.74) is 0.116. The van der Waals surface area contributed by atoms with Gasteiger partial charge in [-0.15, -0.1) is 0 Å². The third kappa shape index (κ3) is 3.68. The summed E-state index contributed by atoms with van der Waals surface area (Å²) in [6.45, 7) is 1.44. The summed E-state index contributed by atoms with van der Waals surface area (Å²) >= 11 is 0. The van der Waals surface area contributed by atoms with Gasteiger partial charge in [0.1, 0.15) is 11.5 Å². The van der Waals surface area contributed by atoms with Crippen molar-refractivity contribution in [3.05, 3.63) is 29.3 Å². The maximum Gasteiger partial charge on any atom is 0.239 e. The van der Waals surface area contributed by atoms with Gasteiger partial charge in [-0.05, 0) is 31.4 Å². The smallest absolute Gasteiger partial charge is 0.239 e. The molecule has 0 heterocycles. The third-order valence-corrected chi connectivity index (χ3v) is 3.68. The van der Waals surface area contributed by atoms with E-state index in [1.54, 1.807) is 6.92 Å². The summed E-state index contributed by atoms with van der Waals surface area (Å²) in [6, 6.07) is 2.77. The minimum absolute atomic E-state index is 0.117. The first-order chi connectivity index (χ1) is 9.58. The summed E-state index contributed by atoms with van der Waals surface area (Å²) in [4.78, 5) is 11.8. The first-order valence-corrected chi connectivity index (χ1v) is 7.06. The molecule has 0 aromatic heterocycles. The van der Waals surface area contributed by atoms with Gasteiger partial charge in [0.25, 0.3) is 0 Å². The predicted octanol–water partition coefficient (Wildman–Crippen LogP) is 3.13. The van der Waals surface area contributed by atoms with Crippen LogP contribution in [0.4, 0.5) is 14.5 Å². The van der Waals surface area contributed by atoms with Gasteiger partial charge in [-0.2, -0.15) is 0 Å². The molecule has 0 aliphatic heterocycles. The van der Waals surface area contributed by atoms with Gasteiger partial charge in [0.2, 0.25) is 5.91 Å². The van der Waals surface area contributed by atoms with E-state index in [-0.39, 0.29) is 24.2 Å². The molecule has 2 N–H and O–H groups in total. The Morgan fingerprint density at radius 1 is 1.25 bits per heavy atom. The van der Waals surface area contributed by atoms with Crippen LogP contribution in [-0.4, -0.2) is 18.5 Å². The van der Waals surface area contributed by atoms with E-state index in [2.05, 4.69) is 10.6 Å². The highest BCUT2D eigenvalue weighted by Crippen LogP contribution is 2.21. The van der Waals surface area contributed by atoms with E-state index in [1.165, 1.54) is 18.6 Å². The zero-order chi connectivity index (χ0) is 14.5. The second-order valence-electron chi connectivity index (χ2n) is 5.31. The van der Waals surface area contributed by atoms with Crippen molar-refractivity contribution in [2.75, 3.05) is 11.9 Å². The number of nitrogens with one attached hydrogen (secondary N) is 2. The fraction of sp³-hybridized carbons (Fsp3) is 0.533. The van der Waals surface area contributed by atoms with Crippen LogP contribution in [-0.2, 0) is 4.79 Å². The zero-order valence-corrected chi connectivity index (χ0v) is 11.6.